The third-order valence-electron chi connectivity index (χ3n) is 5.35. The van der Waals surface area contributed by atoms with Crippen LogP contribution in [0.5, 0.6) is 0 Å². The van der Waals surface area contributed by atoms with Crippen LogP contribution in [0.15, 0.2) is 58.0 Å². The van der Waals surface area contributed by atoms with Crippen LogP contribution in [0.4, 0.5) is 24.5 Å². The second kappa shape index (κ2) is 8.53. The highest BCUT2D eigenvalue weighted by Gasteiger charge is 2.31. The molecule has 1 heterocycles. The number of furan rings is 1. The number of hydrogen-bond donors (Lipinski definition) is 2. The van der Waals surface area contributed by atoms with Crippen molar-refractivity contribution in [2.45, 2.75) is 39.3 Å². The predicted octanol–water partition coefficient (Wildman–Crippen LogP) is 6.32. The Morgan fingerprint density at radius 1 is 1.03 bits per heavy atom. The zero-order chi connectivity index (χ0) is 22.9. The molecule has 0 atom stereocenters. The van der Waals surface area contributed by atoms with Crippen LogP contribution in [-0.4, -0.2) is 11.6 Å². The van der Waals surface area contributed by atoms with Crippen LogP contribution in [0.25, 0.3) is 0 Å². The molecule has 0 spiro atoms. The molecule has 1 aliphatic carbocycles. The van der Waals surface area contributed by atoms with Gasteiger partial charge in [0.1, 0.15) is 5.76 Å². The van der Waals surface area contributed by atoms with Gasteiger partial charge in [0.25, 0.3) is 5.91 Å². The standard InChI is InChI=1S/C24H22F3N3O2/c1-14-9-11-17(12-10-14)28-23(31)22-15(2)21-19(7-4-8-20(21)32-22)30-29-18-6-3-5-16(13-18)24(25,26)27/h3,5-6,9-13,29H,4,7-8H2,1-2H3,(H,28,31)/b30-19+. The number of nitrogens with zero attached hydrogens (tertiary/aromatic N) is 1. The molecule has 1 aliphatic rings. The molecule has 0 saturated heterocycles. The van der Waals surface area contributed by atoms with Crippen molar-refractivity contribution in [1.82, 2.24) is 0 Å². The maximum atomic E-state index is 13.0. The van der Waals surface area contributed by atoms with Crippen molar-refractivity contribution in [2.75, 3.05) is 10.7 Å². The summed E-state index contributed by atoms with van der Waals surface area (Å²) in [6, 6.07) is 12.3. The summed E-state index contributed by atoms with van der Waals surface area (Å²) in [4.78, 5) is 12.8. The molecular weight excluding hydrogens is 419 g/mol. The van der Waals surface area contributed by atoms with Gasteiger partial charge in [-0.15, -0.1) is 0 Å². The Morgan fingerprint density at radius 3 is 2.50 bits per heavy atom. The first-order valence-electron chi connectivity index (χ1n) is 10.2. The third-order valence-corrected chi connectivity index (χ3v) is 5.35. The number of anilines is 2. The summed E-state index contributed by atoms with van der Waals surface area (Å²) in [6.07, 6.45) is -2.37. The van der Waals surface area contributed by atoms with Crippen LogP contribution in [0.2, 0.25) is 0 Å². The van der Waals surface area contributed by atoms with Crippen molar-refractivity contribution in [3.05, 3.63) is 82.3 Å². The van der Waals surface area contributed by atoms with E-state index in [4.69, 9.17) is 4.42 Å². The molecule has 32 heavy (non-hydrogen) atoms. The lowest BCUT2D eigenvalue weighted by Crippen LogP contribution is -2.14. The van der Waals surface area contributed by atoms with Crippen LogP contribution in [0, 0.1) is 13.8 Å². The number of aryl methyl sites for hydroxylation is 2. The van der Waals surface area contributed by atoms with Gasteiger partial charge in [0.15, 0.2) is 5.76 Å². The predicted molar refractivity (Wildman–Crippen MR) is 117 cm³/mol. The van der Waals surface area contributed by atoms with Crippen LogP contribution < -0.4 is 10.7 Å². The Bertz CT molecular complexity index is 1180. The number of alkyl halides is 3. The Hall–Kier alpha value is -3.55. The van der Waals surface area contributed by atoms with Gasteiger partial charge in [-0.05, 0) is 57.0 Å². The molecule has 5 nitrogen and oxygen atoms in total. The van der Waals surface area contributed by atoms with Crippen LogP contribution in [0.3, 0.4) is 0 Å². The number of carbonyl (C=O) groups is 1. The summed E-state index contributed by atoms with van der Waals surface area (Å²) in [5.74, 6) is 0.516. The normalized spacial score (nSPS) is 14.8. The summed E-state index contributed by atoms with van der Waals surface area (Å²) >= 11 is 0. The Morgan fingerprint density at radius 2 is 1.78 bits per heavy atom. The zero-order valence-electron chi connectivity index (χ0n) is 17.6. The van der Waals surface area contributed by atoms with Gasteiger partial charge >= 0.3 is 6.18 Å². The minimum Gasteiger partial charge on any atom is -0.455 e. The first-order valence-corrected chi connectivity index (χ1v) is 10.2. The van der Waals surface area contributed by atoms with E-state index in [-0.39, 0.29) is 17.4 Å². The summed E-state index contributed by atoms with van der Waals surface area (Å²) in [7, 11) is 0. The van der Waals surface area contributed by atoms with Gasteiger partial charge in [-0.2, -0.15) is 18.3 Å². The van der Waals surface area contributed by atoms with Crippen molar-refractivity contribution in [3.8, 4) is 0 Å². The summed E-state index contributed by atoms with van der Waals surface area (Å²) in [6.45, 7) is 3.75. The van der Waals surface area contributed by atoms with E-state index in [9.17, 15) is 18.0 Å². The molecule has 2 aromatic carbocycles. The number of fused-ring (bicyclic) bond motifs is 1. The molecule has 4 rings (SSSR count). The van der Waals surface area contributed by atoms with E-state index in [1.54, 1.807) is 6.92 Å². The SMILES string of the molecule is Cc1ccc(NC(=O)c2oc3c(c2C)/C(=N/Nc2cccc(C(F)(F)F)c2)CCC3)cc1. The van der Waals surface area contributed by atoms with Crippen molar-refractivity contribution in [1.29, 1.82) is 0 Å². The van der Waals surface area contributed by atoms with E-state index < -0.39 is 11.7 Å². The van der Waals surface area contributed by atoms with E-state index in [0.29, 0.717) is 35.6 Å². The number of benzene rings is 2. The lowest BCUT2D eigenvalue weighted by Gasteiger charge is -2.14. The van der Waals surface area contributed by atoms with Crippen molar-refractivity contribution in [2.24, 2.45) is 5.10 Å². The Labute approximate surface area is 183 Å². The molecule has 2 N–H and O–H groups in total. The fourth-order valence-corrected chi connectivity index (χ4v) is 3.72. The highest BCUT2D eigenvalue weighted by atomic mass is 19.4. The second-order valence-electron chi connectivity index (χ2n) is 7.78. The molecule has 0 bridgehead atoms. The fraction of sp³-hybridized carbons (Fsp3) is 0.250. The number of nitrogens with one attached hydrogen (secondary N) is 2. The smallest absolute Gasteiger partial charge is 0.416 e. The molecule has 0 saturated carbocycles. The number of halogens is 3. The molecule has 8 heteroatoms. The quantitative estimate of drug-likeness (QED) is 0.466. The van der Waals surface area contributed by atoms with Crippen LogP contribution >= 0.6 is 0 Å². The number of hydrazone groups is 1. The minimum atomic E-state index is -4.43. The van der Waals surface area contributed by atoms with Crippen molar-refractivity contribution < 1.29 is 22.4 Å². The monoisotopic (exact) mass is 441 g/mol. The summed E-state index contributed by atoms with van der Waals surface area (Å²) < 4.78 is 44.7. The Balaban J connectivity index is 1.58. The number of carbonyl (C=O) groups excluding carboxylic acids is 1. The lowest BCUT2D eigenvalue weighted by molar-refractivity contribution is -0.137. The maximum absolute atomic E-state index is 13.0. The second-order valence-corrected chi connectivity index (χ2v) is 7.78. The molecule has 166 valence electrons. The van der Waals surface area contributed by atoms with Crippen molar-refractivity contribution >= 4 is 23.0 Å². The zero-order valence-corrected chi connectivity index (χ0v) is 17.6. The van der Waals surface area contributed by atoms with E-state index >= 15 is 0 Å². The molecule has 0 fully saturated rings. The van der Waals surface area contributed by atoms with Crippen molar-refractivity contribution in [3.63, 3.8) is 0 Å². The van der Waals surface area contributed by atoms with Crippen LogP contribution in [-0.2, 0) is 12.6 Å². The van der Waals surface area contributed by atoms with E-state index in [0.717, 1.165) is 29.7 Å². The highest BCUT2D eigenvalue weighted by molar-refractivity contribution is 6.09. The molecule has 0 unspecified atom stereocenters. The lowest BCUT2D eigenvalue weighted by atomic mass is 9.93. The number of hydrogen-bond acceptors (Lipinski definition) is 4. The Kier molecular flexibility index (Phi) is 5.78. The molecule has 3 aromatic rings. The van der Waals surface area contributed by atoms with Gasteiger partial charge in [0.2, 0.25) is 0 Å². The molecule has 0 radical (unpaired) electrons. The topological polar surface area (TPSA) is 66.6 Å². The van der Waals surface area contributed by atoms with E-state index in [1.165, 1.54) is 12.1 Å². The average molecular weight is 441 g/mol. The number of rotatable bonds is 4. The first-order chi connectivity index (χ1) is 15.2. The maximum Gasteiger partial charge on any atom is 0.416 e. The molecular formula is C24H22F3N3O2. The largest absolute Gasteiger partial charge is 0.455 e. The average Bonchev–Trinajstić information content (AvgIpc) is 3.11. The molecule has 1 aromatic heterocycles. The minimum absolute atomic E-state index is 0.212. The van der Waals surface area contributed by atoms with Gasteiger partial charge in [-0.1, -0.05) is 23.8 Å². The molecule has 0 aliphatic heterocycles. The van der Waals surface area contributed by atoms with Gasteiger partial charge in [0, 0.05) is 23.2 Å². The van der Waals surface area contributed by atoms with E-state index in [2.05, 4.69) is 15.8 Å². The highest BCUT2D eigenvalue weighted by Crippen LogP contribution is 2.32. The summed E-state index contributed by atoms with van der Waals surface area (Å²) in [5, 5.41) is 7.19. The molecule has 1 amide bonds. The van der Waals surface area contributed by atoms with Gasteiger partial charge in [-0.25, -0.2) is 0 Å². The number of amides is 1. The van der Waals surface area contributed by atoms with Gasteiger partial charge in [0.05, 0.1) is 17.0 Å². The third kappa shape index (κ3) is 4.54. The van der Waals surface area contributed by atoms with E-state index in [1.807, 2.05) is 31.2 Å². The van der Waals surface area contributed by atoms with Gasteiger partial charge < -0.3 is 9.73 Å². The van der Waals surface area contributed by atoms with Crippen LogP contribution in [0.1, 0.15) is 51.4 Å². The summed E-state index contributed by atoms with van der Waals surface area (Å²) in [5.41, 5.74) is 6.01. The first kappa shape index (κ1) is 21.7. The van der Waals surface area contributed by atoms with Gasteiger partial charge in [-0.3, -0.25) is 10.2 Å². The fourth-order valence-electron chi connectivity index (χ4n) is 3.72.